The summed E-state index contributed by atoms with van der Waals surface area (Å²) in [6.45, 7) is 5.29. The third-order valence-corrected chi connectivity index (χ3v) is 2.22. The zero-order valence-corrected chi connectivity index (χ0v) is 8.79. The number of benzene rings is 1. The lowest BCUT2D eigenvalue weighted by Crippen LogP contribution is -2.11. The standard InChI is InChI=1S/C11H18N2O/c1-3-14-11-5-4-9(13)6-10(11)8(2)7-12/h4-6,8H,3,7,12-13H2,1-2H3. The lowest BCUT2D eigenvalue weighted by molar-refractivity contribution is 0.335. The minimum atomic E-state index is 0.278. The Bertz CT molecular complexity index is 299. The summed E-state index contributed by atoms with van der Waals surface area (Å²) in [5.74, 6) is 1.17. The summed E-state index contributed by atoms with van der Waals surface area (Å²) in [6.07, 6.45) is 0. The molecular formula is C11H18N2O. The van der Waals surface area contributed by atoms with Gasteiger partial charge < -0.3 is 16.2 Å². The molecule has 0 spiro atoms. The van der Waals surface area contributed by atoms with Crippen LogP contribution < -0.4 is 16.2 Å². The first kappa shape index (κ1) is 10.9. The van der Waals surface area contributed by atoms with Crippen molar-refractivity contribution in [2.24, 2.45) is 5.73 Å². The van der Waals surface area contributed by atoms with Crippen molar-refractivity contribution in [1.29, 1.82) is 0 Å². The second kappa shape index (κ2) is 4.86. The molecule has 1 rings (SSSR count). The van der Waals surface area contributed by atoms with Crippen LogP contribution >= 0.6 is 0 Å². The van der Waals surface area contributed by atoms with Gasteiger partial charge in [0.1, 0.15) is 5.75 Å². The summed E-state index contributed by atoms with van der Waals surface area (Å²) < 4.78 is 5.50. The predicted octanol–water partition coefficient (Wildman–Crippen LogP) is 1.73. The van der Waals surface area contributed by atoms with Crippen molar-refractivity contribution in [2.75, 3.05) is 18.9 Å². The Morgan fingerprint density at radius 2 is 2.14 bits per heavy atom. The molecule has 1 unspecified atom stereocenters. The van der Waals surface area contributed by atoms with Crippen molar-refractivity contribution < 1.29 is 4.74 Å². The van der Waals surface area contributed by atoms with Crippen molar-refractivity contribution in [1.82, 2.24) is 0 Å². The quantitative estimate of drug-likeness (QED) is 0.717. The van der Waals surface area contributed by atoms with Crippen LogP contribution in [0.3, 0.4) is 0 Å². The summed E-state index contributed by atoms with van der Waals surface area (Å²) in [7, 11) is 0. The van der Waals surface area contributed by atoms with Gasteiger partial charge in [-0.15, -0.1) is 0 Å². The molecule has 3 nitrogen and oxygen atoms in total. The largest absolute Gasteiger partial charge is 0.494 e. The third kappa shape index (κ3) is 2.39. The van der Waals surface area contributed by atoms with Crippen LogP contribution in [0.1, 0.15) is 25.3 Å². The highest BCUT2D eigenvalue weighted by Crippen LogP contribution is 2.28. The van der Waals surface area contributed by atoms with Gasteiger partial charge in [0.05, 0.1) is 6.61 Å². The molecule has 3 heteroatoms. The summed E-state index contributed by atoms with van der Waals surface area (Å²) in [5.41, 5.74) is 13.2. The number of rotatable bonds is 4. The lowest BCUT2D eigenvalue weighted by atomic mass is 10.00. The molecule has 1 aromatic carbocycles. The van der Waals surface area contributed by atoms with Crippen LogP contribution in [0.5, 0.6) is 5.75 Å². The highest BCUT2D eigenvalue weighted by atomic mass is 16.5. The lowest BCUT2D eigenvalue weighted by Gasteiger charge is -2.15. The SMILES string of the molecule is CCOc1ccc(N)cc1C(C)CN. The van der Waals surface area contributed by atoms with E-state index in [2.05, 4.69) is 6.92 Å². The number of hydrogen-bond donors (Lipinski definition) is 2. The van der Waals surface area contributed by atoms with Crippen LogP contribution in [0.15, 0.2) is 18.2 Å². The smallest absolute Gasteiger partial charge is 0.122 e. The third-order valence-electron chi connectivity index (χ3n) is 2.22. The predicted molar refractivity (Wildman–Crippen MR) is 59.5 cm³/mol. The van der Waals surface area contributed by atoms with Crippen LogP contribution in [-0.4, -0.2) is 13.2 Å². The van der Waals surface area contributed by atoms with E-state index in [4.69, 9.17) is 16.2 Å². The molecule has 0 amide bonds. The topological polar surface area (TPSA) is 61.3 Å². The average Bonchev–Trinajstić information content (AvgIpc) is 2.20. The summed E-state index contributed by atoms with van der Waals surface area (Å²) in [6, 6.07) is 5.68. The Balaban J connectivity index is 3.02. The Kier molecular flexibility index (Phi) is 3.77. The van der Waals surface area contributed by atoms with Crippen LogP contribution in [0, 0.1) is 0 Å². The number of ether oxygens (including phenoxy) is 1. The number of anilines is 1. The van der Waals surface area contributed by atoms with E-state index < -0.39 is 0 Å². The van der Waals surface area contributed by atoms with E-state index in [1.165, 1.54) is 0 Å². The van der Waals surface area contributed by atoms with E-state index in [0.717, 1.165) is 17.0 Å². The molecule has 0 fully saturated rings. The van der Waals surface area contributed by atoms with Gasteiger partial charge in [0.15, 0.2) is 0 Å². The van der Waals surface area contributed by atoms with Gasteiger partial charge >= 0.3 is 0 Å². The molecule has 0 radical (unpaired) electrons. The van der Waals surface area contributed by atoms with Crippen LogP contribution in [0.2, 0.25) is 0 Å². The first-order chi connectivity index (χ1) is 6.69. The number of hydrogen-bond acceptors (Lipinski definition) is 3. The molecule has 0 saturated heterocycles. The van der Waals surface area contributed by atoms with E-state index in [1.54, 1.807) is 0 Å². The second-order valence-corrected chi connectivity index (χ2v) is 3.37. The molecular weight excluding hydrogens is 176 g/mol. The molecule has 0 aromatic heterocycles. The van der Waals surface area contributed by atoms with Gasteiger partial charge in [0, 0.05) is 11.3 Å². The van der Waals surface area contributed by atoms with Crippen LogP contribution in [0.4, 0.5) is 5.69 Å². The fourth-order valence-electron chi connectivity index (χ4n) is 1.37. The maximum Gasteiger partial charge on any atom is 0.122 e. The van der Waals surface area contributed by atoms with Gasteiger partial charge in [-0.2, -0.15) is 0 Å². The summed E-state index contributed by atoms with van der Waals surface area (Å²) in [4.78, 5) is 0. The van der Waals surface area contributed by atoms with E-state index >= 15 is 0 Å². The van der Waals surface area contributed by atoms with Gasteiger partial charge in [0.25, 0.3) is 0 Å². The highest BCUT2D eigenvalue weighted by Gasteiger charge is 2.10. The average molecular weight is 194 g/mol. The molecule has 78 valence electrons. The first-order valence-corrected chi connectivity index (χ1v) is 4.91. The van der Waals surface area contributed by atoms with Gasteiger partial charge in [-0.3, -0.25) is 0 Å². The van der Waals surface area contributed by atoms with Crippen LogP contribution in [-0.2, 0) is 0 Å². The Labute approximate surface area is 85.0 Å². The van der Waals surface area contributed by atoms with E-state index in [9.17, 15) is 0 Å². The summed E-state index contributed by atoms with van der Waals surface area (Å²) in [5, 5.41) is 0. The molecule has 0 bridgehead atoms. The van der Waals surface area contributed by atoms with Crippen molar-refractivity contribution >= 4 is 5.69 Å². The fraction of sp³-hybridized carbons (Fsp3) is 0.455. The molecule has 0 aliphatic carbocycles. The minimum absolute atomic E-state index is 0.278. The van der Waals surface area contributed by atoms with E-state index in [1.807, 2.05) is 25.1 Å². The molecule has 0 aliphatic rings. The fourth-order valence-corrected chi connectivity index (χ4v) is 1.37. The zero-order valence-electron chi connectivity index (χ0n) is 8.79. The first-order valence-electron chi connectivity index (χ1n) is 4.91. The van der Waals surface area contributed by atoms with Gasteiger partial charge in [-0.1, -0.05) is 6.92 Å². The minimum Gasteiger partial charge on any atom is -0.494 e. The number of nitrogen functional groups attached to an aromatic ring is 1. The van der Waals surface area contributed by atoms with Crippen molar-refractivity contribution in [3.8, 4) is 5.75 Å². The van der Waals surface area contributed by atoms with E-state index in [-0.39, 0.29) is 5.92 Å². The highest BCUT2D eigenvalue weighted by molar-refractivity contribution is 5.49. The van der Waals surface area contributed by atoms with Crippen molar-refractivity contribution in [3.05, 3.63) is 23.8 Å². The molecule has 1 atom stereocenters. The van der Waals surface area contributed by atoms with Gasteiger partial charge in [0.2, 0.25) is 0 Å². The Morgan fingerprint density at radius 1 is 1.43 bits per heavy atom. The molecule has 0 aliphatic heterocycles. The second-order valence-electron chi connectivity index (χ2n) is 3.37. The molecule has 1 aromatic rings. The van der Waals surface area contributed by atoms with Crippen molar-refractivity contribution in [2.45, 2.75) is 19.8 Å². The Hall–Kier alpha value is -1.22. The van der Waals surface area contributed by atoms with Gasteiger partial charge in [-0.25, -0.2) is 0 Å². The number of nitrogens with two attached hydrogens (primary N) is 2. The van der Waals surface area contributed by atoms with Crippen molar-refractivity contribution in [3.63, 3.8) is 0 Å². The van der Waals surface area contributed by atoms with Crippen LogP contribution in [0.25, 0.3) is 0 Å². The molecule has 0 saturated carbocycles. The normalized spacial score (nSPS) is 12.5. The van der Waals surface area contributed by atoms with Gasteiger partial charge in [-0.05, 0) is 37.6 Å². The zero-order chi connectivity index (χ0) is 10.6. The molecule has 4 N–H and O–H groups in total. The summed E-state index contributed by atoms with van der Waals surface area (Å²) >= 11 is 0. The Morgan fingerprint density at radius 3 is 2.71 bits per heavy atom. The maximum absolute atomic E-state index is 5.72. The maximum atomic E-state index is 5.72. The van der Waals surface area contributed by atoms with E-state index in [0.29, 0.717) is 13.2 Å². The molecule has 0 heterocycles. The molecule has 14 heavy (non-hydrogen) atoms. The monoisotopic (exact) mass is 194 g/mol.